The molecule has 0 bridgehead atoms. The molecule has 1 fully saturated rings. The minimum absolute atomic E-state index is 0.211. The number of hydrogen-bond donors (Lipinski definition) is 1. The molecule has 1 saturated heterocycles. The molecular weight excluding hydrogens is 244 g/mol. The van der Waals surface area contributed by atoms with Gasteiger partial charge in [-0.3, -0.25) is 15.5 Å². The summed E-state index contributed by atoms with van der Waals surface area (Å²) >= 11 is 0. The smallest absolute Gasteiger partial charge is 0.272 e. The van der Waals surface area contributed by atoms with Crippen molar-refractivity contribution in [3.8, 4) is 0 Å². The van der Waals surface area contributed by atoms with E-state index in [4.69, 9.17) is 0 Å². The Morgan fingerprint density at radius 3 is 2.63 bits per heavy atom. The van der Waals surface area contributed by atoms with Crippen molar-refractivity contribution in [2.24, 2.45) is 0 Å². The van der Waals surface area contributed by atoms with Crippen molar-refractivity contribution in [2.75, 3.05) is 39.8 Å². The molecule has 0 saturated carbocycles. The van der Waals surface area contributed by atoms with Gasteiger partial charge >= 0.3 is 0 Å². The molecular formula is C13H20N4O2. The van der Waals surface area contributed by atoms with E-state index >= 15 is 0 Å². The topological polar surface area (TPSA) is 61.6 Å². The van der Waals surface area contributed by atoms with Crippen LogP contribution in [0.4, 0.5) is 5.69 Å². The molecule has 0 spiro atoms. The van der Waals surface area contributed by atoms with Crippen molar-refractivity contribution >= 4 is 5.69 Å². The van der Waals surface area contributed by atoms with Crippen LogP contribution in [-0.4, -0.2) is 54.6 Å². The van der Waals surface area contributed by atoms with Crippen molar-refractivity contribution in [1.82, 2.24) is 15.3 Å². The summed E-state index contributed by atoms with van der Waals surface area (Å²) < 4.78 is 0. The number of nitrogens with zero attached hydrogens (tertiary/aromatic N) is 3. The number of benzene rings is 1. The van der Waals surface area contributed by atoms with Crippen molar-refractivity contribution in [2.45, 2.75) is 6.42 Å². The number of rotatable bonds is 5. The zero-order valence-electron chi connectivity index (χ0n) is 11.2. The van der Waals surface area contributed by atoms with E-state index in [1.807, 2.05) is 12.1 Å². The summed E-state index contributed by atoms with van der Waals surface area (Å²) in [6.45, 7) is 4.83. The molecule has 0 atom stereocenters. The van der Waals surface area contributed by atoms with E-state index in [-0.39, 0.29) is 10.6 Å². The SMILES string of the molecule is CN1CCN(NCCc2ccccc2[N+](=O)[O-])CC1. The van der Waals surface area contributed by atoms with E-state index in [9.17, 15) is 10.1 Å². The van der Waals surface area contributed by atoms with Crippen LogP contribution in [0, 0.1) is 10.1 Å². The van der Waals surface area contributed by atoms with Crippen LogP contribution in [0.3, 0.4) is 0 Å². The van der Waals surface area contributed by atoms with Crippen LogP contribution >= 0.6 is 0 Å². The zero-order valence-corrected chi connectivity index (χ0v) is 11.2. The van der Waals surface area contributed by atoms with Gasteiger partial charge in [0.2, 0.25) is 0 Å². The molecule has 0 aromatic heterocycles. The molecule has 0 unspecified atom stereocenters. The highest BCUT2D eigenvalue weighted by Crippen LogP contribution is 2.17. The van der Waals surface area contributed by atoms with Gasteiger partial charge in [-0.25, -0.2) is 5.01 Å². The highest BCUT2D eigenvalue weighted by atomic mass is 16.6. The predicted molar refractivity (Wildman–Crippen MR) is 73.9 cm³/mol. The zero-order chi connectivity index (χ0) is 13.7. The van der Waals surface area contributed by atoms with E-state index in [0.717, 1.165) is 38.3 Å². The molecule has 1 aromatic carbocycles. The van der Waals surface area contributed by atoms with E-state index in [1.54, 1.807) is 12.1 Å². The summed E-state index contributed by atoms with van der Waals surface area (Å²) in [5, 5.41) is 13.1. The molecule has 0 radical (unpaired) electrons. The number of hydrogen-bond acceptors (Lipinski definition) is 5. The van der Waals surface area contributed by atoms with Crippen molar-refractivity contribution < 1.29 is 4.92 Å². The minimum Gasteiger partial charge on any atom is -0.304 e. The standard InChI is InChI=1S/C13H20N4O2/c1-15-8-10-16(11-9-15)14-7-6-12-4-2-3-5-13(12)17(18)19/h2-5,14H,6-11H2,1H3. The quantitative estimate of drug-likeness (QED) is 0.632. The molecule has 104 valence electrons. The summed E-state index contributed by atoms with van der Waals surface area (Å²) in [5.41, 5.74) is 4.34. The van der Waals surface area contributed by atoms with Gasteiger partial charge < -0.3 is 4.90 Å². The third kappa shape index (κ3) is 3.99. The second kappa shape index (κ2) is 6.60. The van der Waals surface area contributed by atoms with E-state index in [0.29, 0.717) is 6.42 Å². The maximum Gasteiger partial charge on any atom is 0.272 e. The number of nitrogens with one attached hydrogen (secondary N) is 1. The predicted octanol–water partition coefficient (Wildman–Crippen LogP) is 0.889. The van der Waals surface area contributed by atoms with Crippen molar-refractivity contribution in [3.05, 3.63) is 39.9 Å². The van der Waals surface area contributed by atoms with Gasteiger partial charge in [0.25, 0.3) is 5.69 Å². The summed E-state index contributed by atoms with van der Waals surface area (Å²) in [6, 6.07) is 6.93. The van der Waals surface area contributed by atoms with Gasteiger partial charge in [0.1, 0.15) is 0 Å². The first kappa shape index (κ1) is 13.9. The second-order valence-electron chi connectivity index (χ2n) is 4.83. The largest absolute Gasteiger partial charge is 0.304 e. The van der Waals surface area contributed by atoms with Gasteiger partial charge in [-0.2, -0.15) is 0 Å². The Labute approximate surface area is 113 Å². The Balaban J connectivity index is 1.81. The average molecular weight is 264 g/mol. The van der Waals surface area contributed by atoms with Crippen LogP contribution in [0.2, 0.25) is 0 Å². The molecule has 1 N–H and O–H groups in total. The molecule has 1 aromatic rings. The number of likely N-dealkylation sites (N-methyl/N-ethyl adjacent to an activating group) is 1. The van der Waals surface area contributed by atoms with Gasteiger partial charge in [-0.15, -0.1) is 0 Å². The summed E-state index contributed by atoms with van der Waals surface area (Å²) in [7, 11) is 2.12. The Kier molecular flexibility index (Phi) is 4.84. The number of nitro groups is 1. The Hall–Kier alpha value is -1.50. The maximum atomic E-state index is 10.9. The lowest BCUT2D eigenvalue weighted by atomic mass is 10.1. The molecule has 0 amide bonds. The van der Waals surface area contributed by atoms with E-state index in [2.05, 4.69) is 22.4 Å². The van der Waals surface area contributed by atoms with Gasteiger partial charge in [-0.05, 0) is 13.5 Å². The highest BCUT2D eigenvalue weighted by Gasteiger charge is 2.14. The first-order valence-electron chi connectivity index (χ1n) is 6.56. The lowest BCUT2D eigenvalue weighted by Gasteiger charge is -2.32. The van der Waals surface area contributed by atoms with Crippen molar-refractivity contribution in [3.63, 3.8) is 0 Å². The lowest BCUT2D eigenvalue weighted by molar-refractivity contribution is -0.385. The first-order chi connectivity index (χ1) is 9.16. The monoisotopic (exact) mass is 264 g/mol. The number of hydrazine groups is 1. The molecule has 6 nitrogen and oxygen atoms in total. The van der Waals surface area contributed by atoms with Gasteiger partial charge in [-0.1, -0.05) is 18.2 Å². The van der Waals surface area contributed by atoms with Crippen LogP contribution in [-0.2, 0) is 6.42 Å². The van der Waals surface area contributed by atoms with E-state index in [1.165, 1.54) is 0 Å². The molecule has 6 heteroatoms. The number of para-hydroxylation sites is 1. The summed E-state index contributed by atoms with van der Waals surface area (Å²) in [5.74, 6) is 0. The van der Waals surface area contributed by atoms with E-state index < -0.39 is 0 Å². The molecule has 2 rings (SSSR count). The van der Waals surface area contributed by atoms with Crippen LogP contribution in [0.1, 0.15) is 5.56 Å². The third-order valence-electron chi connectivity index (χ3n) is 3.42. The fourth-order valence-corrected chi connectivity index (χ4v) is 2.21. The molecule has 19 heavy (non-hydrogen) atoms. The van der Waals surface area contributed by atoms with Crippen LogP contribution in [0.5, 0.6) is 0 Å². The van der Waals surface area contributed by atoms with Crippen molar-refractivity contribution in [1.29, 1.82) is 0 Å². The maximum absolute atomic E-state index is 10.9. The Morgan fingerprint density at radius 1 is 1.26 bits per heavy atom. The van der Waals surface area contributed by atoms with Crippen LogP contribution in [0.25, 0.3) is 0 Å². The normalized spacial score (nSPS) is 17.5. The Bertz CT molecular complexity index is 430. The average Bonchev–Trinajstić information content (AvgIpc) is 2.41. The Morgan fingerprint density at radius 2 is 1.95 bits per heavy atom. The third-order valence-corrected chi connectivity index (χ3v) is 3.42. The molecule has 1 aliphatic heterocycles. The van der Waals surface area contributed by atoms with Gasteiger partial charge in [0, 0.05) is 44.4 Å². The highest BCUT2D eigenvalue weighted by molar-refractivity contribution is 5.39. The van der Waals surface area contributed by atoms with Gasteiger partial charge in [0.05, 0.1) is 4.92 Å². The molecule has 0 aliphatic carbocycles. The molecule has 1 aliphatic rings. The first-order valence-corrected chi connectivity index (χ1v) is 6.56. The fraction of sp³-hybridized carbons (Fsp3) is 0.538. The number of piperazine rings is 1. The lowest BCUT2D eigenvalue weighted by Crippen LogP contribution is -2.51. The minimum atomic E-state index is -0.314. The second-order valence-corrected chi connectivity index (χ2v) is 4.83. The van der Waals surface area contributed by atoms with Gasteiger partial charge in [0.15, 0.2) is 0 Å². The summed E-state index contributed by atoms with van der Waals surface area (Å²) in [6.07, 6.45) is 0.670. The summed E-state index contributed by atoms with van der Waals surface area (Å²) in [4.78, 5) is 12.9. The van der Waals surface area contributed by atoms with Crippen LogP contribution in [0.15, 0.2) is 24.3 Å². The van der Waals surface area contributed by atoms with Crippen LogP contribution < -0.4 is 5.43 Å². The number of nitro benzene ring substituents is 1. The molecule has 1 heterocycles. The fourth-order valence-electron chi connectivity index (χ4n) is 2.21.